The third-order valence-corrected chi connectivity index (χ3v) is 7.00. The molecule has 5 nitrogen and oxygen atoms in total. The zero-order valence-electron chi connectivity index (χ0n) is 22.2. The molecule has 0 aliphatic rings. The van der Waals surface area contributed by atoms with Crippen molar-refractivity contribution < 1.29 is 14.3 Å². The van der Waals surface area contributed by atoms with Crippen LogP contribution < -0.4 is 5.73 Å². The van der Waals surface area contributed by atoms with Crippen molar-refractivity contribution in [2.45, 2.75) is 122 Å². The number of unbranched alkanes of at least 4 members (excludes halogenated alkanes) is 14. The van der Waals surface area contributed by atoms with Crippen LogP contribution in [0.25, 0.3) is 10.9 Å². The molecule has 2 rings (SSSR count). The van der Waals surface area contributed by atoms with Crippen molar-refractivity contribution in [3.63, 3.8) is 0 Å². The van der Waals surface area contributed by atoms with Gasteiger partial charge in [-0.1, -0.05) is 115 Å². The van der Waals surface area contributed by atoms with Crippen molar-refractivity contribution in [1.29, 1.82) is 0 Å². The summed E-state index contributed by atoms with van der Waals surface area (Å²) < 4.78 is 6.48. The summed E-state index contributed by atoms with van der Waals surface area (Å²) in [5, 5.41) is 0.969. The molecule has 0 amide bonds. The molecule has 0 spiro atoms. The van der Waals surface area contributed by atoms with Gasteiger partial charge in [0, 0.05) is 24.4 Å². The Morgan fingerprint density at radius 1 is 0.829 bits per heavy atom. The predicted molar refractivity (Wildman–Crippen MR) is 146 cm³/mol. The van der Waals surface area contributed by atoms with Crippen molar-refractivity contribution in [2.24, 2.45) is 5.73 Å². The Bertz CT molecular complexity index is 874. The molecule has 196 valence electrons. The summed E-state index contributed by atoms with van der Waals surface area (Å²) >= 11 is 0. The van der Waals surface area contributed by atoms with Gasteiger partial charge in [-0.3, -0.25) is 14.2 Å². The van der Waals surface area contributed by atoms with Crippen molar-refractivity contribution in [3.05, 3.63) is 36.0 Å². The number of fused-ring (bicyclic) bond motifs is 1. The van der Waals surface area contributed by atoms with Gasteiger partial charge in [-0.25, -0.2) is 0 Å². The Kier molecular flexibility index (Phi) is 14.4. The van der Waals surface area contributed by atoms with Gasteiger partial charge >= 0.3 is 5.97 Å². The highest BCUT2D eigenvalue weighted by Crippen LogP contribution is 2.23. The van der Waals surface area contributed by atoms with Gasteiger partial charge in [-0.05, 0) is 18.1 Å². The molecule has 0 saturated heterocycles. The zero-order valence-corrected chi connectivity index (χ0v) is 22.2. The fourth-order valence-corrected chi connectivity index (χ4v) is 4.86. The van der Waals surface area contributed by atoms with E-state index in [1.165, 1.54) is 90.6 Å². The van der Waals surface area contributed by atoms with Gasteiger partial charge < -0.3 is 10.5 Å². The summed E-state index contributed by atoms with van der Waals surface area (Å²) in [7, 11) is 1.34. The summed E-state index contributed by atoms with van der Waals surface area (Å²) in [4.78, 5) is 24.7. The average molecular weight is 485 g/mol. The molecule has 1 aromatic heterocycles. The molecular weight excluding hydrogens is 436 g/mol. The van der Waals surface area contributed by atoms with Crippen molar-refractivity contribution >= 4 is 22.8 Å². The molecule has 0 saturated carbocycles. The van der Waals surface area contributed by atoms with Crippen LogP contribution in [0, 0.1) is 0 Å². The highest BCUT2D eigenvalue weighted by atomic mass is 16.5. The molecule has 0 aliphatic carbocycles. The van der Waals surface area contributed by atoms with Crippen molar-refractivity contribution in [2.75, 3.05) is 7.11 Å². The SMILES string of the molecule is CCCCCCCCCCCCCCCCCC(=O)n1cc(CC(N)C(=O)OC)c2ccccc21. The molecule has 2 N–H and O–H groups in total. The van der Waals surface area contributed by atoms with E-state index in [9.17, 15) is 9.59 Å². The summed E-state index contributed by atoms with van der Waals surface area (Å²) in [6.07, 6.45) is 22.4. The molecule has 2 aromatic rings. The van der Waals surface area contributed by atoms with Gasteiger partial charge in [0.1, 0.15) is 6.04 Å². The molecule has 0 bridgehead atoms. The molecule has 1 heterocycles. The van der Waals surface area contributed by atoms with Crippen molar-refractivity contribution in [1.82, 2.24) is 4.57 Å². The number of ether oxygens (including phenoxy) is 1. The number of carbonyl (C=O) groups excluding carboxylic acids is 2. The van der Waals surface area contributed by atoms with E-state index in [1.54, 1.807) is 4.57 Å². The van der Waals surface area contributed by atoms with Gasteiger partial charge in [-0.15, -0.1) is 0 Å². The van der Waals surface area contributed by atoms with Crippen LogP contribution in [-0.4, -0.2) is 29.6 Å². The Morgan fingerprint density at radius 3 is 1.89 bits per heavy atom. The number of nitrogens with zero attached hydrogens (tertiary/aromatic N) is 1. The van der Waals surface area contributed by atoms with E-state index in [0.717, 1.165) is 29.3 Å². The molecule has 1 aromatic carbocycles. The number of benzene rings is 1. The Labute approximate surface area is 212 Å². The van der Waals surface area contributed by atoms with Crippen LogP contribution in [0.5, 0.6) is 0 Å². The van der Waals surface area contributed by atoms with Crippen LogP contribution in [0.2, 0.25) is 0 Å². The highest BCUT2D eigenvalue weighted by molar-refractivity contribution is 5.94. The van der Waals surface area contributed by atoms with E-state index in [4.69, 9.17) is 10.5 Å². The van der Waals surface area contributed by atoms with E-state index in [1.807, 2.05) is 30.5 Å². The smallest absolute Gasteiger partial charge is 0.322 e. The number of para-hydroxylation sites is 1. The zero-order chi connectivity index (χ0) is 25.3. The first kappa shape index (κ1) is 29.1. The average Bonchev–Trinajstić information content (AvgIpc) is 3.24. The maximum atomic E-state index is 12.9. The van der Waals surface area contributed by atoms with Crippen LogP contribution in [0.3, 0.4) is 0 Å². The first-order valence-electron chi connectivity index (χ1n) is 14.0. The van der Waals surface area contributed by atoms with Gasteiger partial charge in [0.05, 0.1) is 12.6 Å². The first-order valence-corrected chi connectivity index (χ1v) is 14.0. The van der Waals surface area contributed by atoms with Gasteiger partial charge in [0.15, 0.2) is 0 Å². The summed E-state index contributed by atoms with van der Waals surface area (Å²) in [6, 6.07) is 7.08. The minimum atomic E-state index is -0.732. The van der Waals surface area contributed by atoms with Gasteiger partial charge in [0.2, 0.25) is 5.91 Å². The second kappa shape index (κ2) is 17.3. The van der Waals surface area contributed by atoms with Crippen LogP contribution in [-0.2, 0) is 16.0 Å². The predicted octanol–water partition coefficient (Wildman–Crippen LogP) is 7.59. The number of hydrogen-bond acceptors (Lipinski definition) is 4. The molecule has 35 heavy (non-hydrogen) atoms. The molecule has 5 heteroatoms. The Hall–Kier alpha value is -2.14. The quantitative estimate of drug-likeness (QED) is 0.165. The van der Waals surface area contributed by atoms with E-state index in [0.29, 0.717) is 12.8 Å². The monoisotopic (exact) mass is 484 g/mol. The largest absolute Gasteiger partial charge is 0.468 e. The fourth-order valence-electron chi connectivity index (χ4n) is 4.86. The molecular formula is C30H48N2O3. The summed E-state index contributed by atoms with van der Waals surface area (Å²) in [5.41, 5.74) is 7.75. The van der Waals surface area contributed by atoms with Gasteiger partial charge in [0.25, 0.3) is 0 Å². The third-order valence-electron chi connectivity index (χ3n) is 7.00. The number of carbonyl (C=O) groups is 2. The summed E-state index contributed by atoms with van der Waals surface area (Å²) in [6.45, 7) is 2.27. The molecule has 0 fully saturated rings. The van der Waals surface area contributed by atoms with Crippen LogP contribution in [0.15, 0.2) is 30.5 Å². The lowest BCUT2D eigenvalue weighted by molar-refractivity contribution is -0.142. The minimum Gasteiger partial charge on any atom is -0.468 e. The number of esters is 1. The second-order valence-corrected chi connectivity index (χ2v) is 9.97. The first-order chi connectivity index (χ1) is 17.1. The van der Waals surface area contributed by atoms with Crippen LogP contribution >= 0.6 is 0 Å². The Morgan fingerprint density at radius 2 is 1.34 bits per heavy atom. The second-order valence-electron chi connectivity index (χ2n) is 9.97. The van der Waals surface area contributed by atoms with E-state index in [-0.39, 0.29) is 5.91 Å². The number of nitrogens with two attached hydrogens (primary N) is 1. The van der Waals surface area contributed by atoms with E-state index >= 15 is 0 Å². The van der Waals surface area contributed by atoms with Crippen molar-refractivity contribution in [3.8, 4) is 0 Å². The lowest BCUT2D eigenvalue weighted by atomic mass is 10.0. The molecule has 0 radical (unpaired) electrons. The lowest BCUT2D eigenvalue weighted by Crippen LogP contribution is -2.33. The molecule has 1 unspecified atom stereocenters. The van der Waals surface area contributed by atoms with E-state index < -0.39 is 12.0 Å². The highest BCUT2D eigenvalue weighted by Gasteiger charge is 2.19. The number of rotatable bonds is 19. The fraction of sp³-hybridized carbons (Fsp3) is 0.667. The standard InChI is InChI=1S/C30H48N2O3/c1-3-4-5-6-7-8-9-10-11-12-13-14-15-16-17-22-29(33)32-24-25(23-27(31)30(34)35-2)26-20-18-19-21-28(26)32/h18-21,24,27H,3-17,22-23,31H2,1-2H3. The number of hydrogen-bond donors (Lipinski definition) is 1. The van der Waals surface area contributed by atoms with E-state index in [2.05, 4.69) is 6.92 Å². The molecule has 0 aliphatic heterocycles. The maximum absolute atomic E-state index is 12.9. The number of methoxy groups -OCH3 is 1. The maximum Gasteiger partial charge on any atom is 0.322 e. The molecule has 1 atom stereocenters. The van der Waals surface area contributed by atoms with Crippen LogP contribution in [0.4, 0.5) is 0 Å². The normalized spacial score (nSPS) is 12.2. The minimum absolute atomic E-state index is 0.105. The Balaban J connectivity index is 1.61. The summed E-state index contributed by atoms with van der Waals surface area (Å²) in [5.74, 6) is -0.334. The van der Waals surface area contributed by atoms with Crippen LogP contribution in [0.1, 0.15) is 120 Å². The third kappa shape index (κ3) is 10.6. The van der Waals surface area contributed by atoms with Gasteiger partial charge in [-0.2, -0.15) is 0 Å². The number of aromatic nitrogens is 1. The lowest BCUT2D eigenvalue weighted by Gasteiger charge is -2.07. The topological polar surface area (TPSA) is 74.3 Å².